The van der Waals surface area contributed by atoms with Crippen LogP contribution >= 0.6 is 15.6 Å². The fourth-order valence-electron chi connectivity index (χ4n) is 12.3. The normalized spacial score (nSPS) is 14.2. The summed E-state index contributed by atoms with van der Waals surface area (Å²) in [4.78, 5) is 73.0. The van der Waals surface area contributed by atoms with Gasteiger partial charge < -0.3 is 33.8 Å². The van der Waals surface area contributed by atoms with Crippen LogP contribution in [0.15, 0.2) is 0 Å². The van der Waals surface area contributed by atoms with Crippen molar-refractivity contribution < 1.29 is 80.2 Å². The maximum Gasteiger partial charge on any atom is 0.472 e. The first-order valence-corrected chi connectivity index (χ1v) is 44.5. The molecule has 0 amide bonds. The molecule has 588 valence electrons. The Morgan fingerprint density at radius 1 is 0.293 bits per heavy atom. The summed E-state index contributed by atoms with van der Waals surface area (Å²) < 4.78 is 68.7. The Balaban J connectivity index is 5.25. The van der Waals surface area contributed by atoms with Gasteiger partial charge in [-0.1, -0.05) is 369 Å². The zero-order chi connectivity index (χ0) is 72.8. The fraction of sp³-hybridized carbons (Fsp3) is 0.950. The lowest BCUT2D eigenvalue weighted by Gasteiger charge is -2.21. The molecule has 0 aromatic heterocycles. The molecule has 6 atom stereocenters. The summed E-state index contributed by atoms with van der Waals surface area (Å²) in [6.07, 6.45) is 60.9. The molecule has 0 aliphatic heterocycles. The molecule has 0 bridgehead atoms. The zero-order valence-electron chi connectivity index (χ0n) is 64.8. The highest BCUT2D eigenvalue weighted by Crippen LogP contribution is 2.45. The number of aliphatic hydroxyl groups is 1. The SMILES string of the molecule is CCCCCCCCCCCCCCCCCCCC(=O)OC[C@H](COP(=O)(O)OC[C@@H](O)COP(=O)(O)OC[C@@H](COC(=O)CCCCCCCCCCCCC)OC(=O)CCCCCCCCCCCCC(C)C)OC(=O)CCCCCCCCCCCCCCCCC(C)CC. The molecule has 0 aliphatic rings. The van der Waals surface area contributed by atoms with Crippen molar-refractivity contribution in [3.8, 4) is 0 Å². The van der Waals surface area contributed by atoms with Gasteiger partial charge in [-0.3, -0.25) is 37.3 Å². The number of phosphoric ester groups is 2. The summed E-state index contributed by atoms with van der Waals surface area (Å²) in [7, 11) is -9.92. The summed E-state index contributed by atoms with van der Waals surface area (Å²) >= 11 is 0. The predicted octanol–water partition coefficient (Wildman–Crippen LogP) is 23.9. The predicted molar refractivity (Wildman–Crippen MR) is 405 cm³/mol. The van der Waals surface area contributed by atoms with Gasteiger partial charge in [-0.15, -0.1) is 0 Å². The molecule has 3 unspecified atom stereocenters. The summed E-state index contributed by atoms with van der Waals surface area (Å²) in [6, 6.07) is 0. The highest BCUT2D eigenvalue weighted by molar-refractivity contribution is 7.47. The van der Waals surface area contributed by atoms with E-state index in [1.807, 2.05) is 0 Å². The number of phosphoric acid groups is 2. The molecule has 19 heteroatoms. The maximum atomic E-state index is 13.1. The van der Waals surface area contributed by atoms with Gasteiger partial charge >= 0.3 is 39.5 Å². The van der Waals surface area contributed by atoms with Crippen molar-refractivity contribution in [2.75, 3.05) is 39.6 Å². The highest BCUT2D eigenvalue weighted by atomic mass is 31.2. The van der Waals surface area contributed by atoms with Crippen LogP contribution in [-0.2, 0) is 65.4 Å². The maximum absolute atomic E-state index is 13.1. The molecule has 0 fully saturated rings. The molecule has 0 rings (SSSR count). The molecule has 0 aromatic rings. The van der Waals surface area contributed by atoms with Crippen molar-refractivity contribution in [2.45, 2.75) is 439 Å². The van der Waals surface area contributed by atoms with Gasteiger partial charge in [-0.05, 0) is 37.5 Å². The fourth-order valence-corrected chi connectivity index (χ4v) is 13.9. The molecule has 0 radical (unpaired) electrons. The lowest BCUT2D eigenvalue weighted by Crippen LogP contribution is -2.30. The minimum absolute atomic E-state index is 0.106. The summed E-state index contributed by atoms with van der Waals surface area (Å²) in [5.41, 5.74) is 0. The van der Waals surface area contributed by atoms with Gasteiger partial charge in [-0.25, -0.2) is 9.13 Å². The van der Waals surface area contributed by atoms with Crippen LogP contribution in [-0.4, -0.2) is 96.7 Å². The van der Waals surface area contributed by atoms with Crippen LogP contribution in [0.4, 0.5) is 0 Å². The first-order valence-electron chi connectivity index (χ1n) is 41.5. The first kappa shape index (κ1) is 97.1. The van der Waals surface area contributed by atoms with Crippen molar-refractivity contribution in [1.29, 1.82) is 0 Å². The standard InChI is InChI=1S/C80H156O17P2/c1-7-10-12-14-16-18-20-21-22-23-24-28-32-39-45-51-57-63-78(83)91-69-75(96-79(84)64-58-52-46-40-33-29-26-25-27-31-37-43-49-55-61-73(6)9-3)70-94-98(86,87)92-66-74(81)67-93-99(88,89)95-71-76(68-90-77(82)62-56-50-44-38-30-19-17-15-13-11-8-2)97-80(85)65-59-53-47-41-35-34-36-42-48-54-60-72(4)5/h72-76,81H,7-71H2,1-6H3,(H,86,87)(H,88,89)/t73?,74-,75-,76-/m1/s1. The third-order valence-electron chi connectivity index (χ3n) is 19.1. The van der Waals surface area contributed by atoms with Crippen molar-refractivity contribution in [3.63, 3.8) is 0 Å². The van der Waals surface area contributed by atoms with Crippen LogP contribution in [0.3, 0.4) is 0 Å². The molecule has 0 aromatic carbocycles. The minimum Gasteiger partial charge on any atom is -0.462 e. The molecule has 0 aliphatic carbocycles. The van der Waals surface area contributed by atoms with E-state index in [2.05, 4.69) is 41.5 Å². The lowest BCUT2D eigenvalue weighted by atomic mass is 9.99. The molecule has 0 saturated carbocycles. The van der Waals surface area contributed by atoms with E-state index in [-0.39, 0.29) is 25.7 Å². The third kappa shape index (κ3) is 72.8. The Kier molecular flexibility index (Phi) is 70.3. The summed E-state index contributed by atoms with van der Waals surface area (Å²) in [5.74, 6) is -0.511. The van der Waals surface area contributed by atoms with E-state index >= 15 is 0 Å². The van der Waals surface area contributed by atoms with Crippen LogP contribution in [0.2, 0.25) is 0 Å². The lowest BCUT2D eigenvalue weighted by molar-refractivity contribution is -0.161. The van der Waals surface area contributed by atoms with Crippen LogP contribution in [0.1, 0.15) is 420 Å². The van der Waals surface area contributed by atoms with Crippen molar-refractivity contribution >= 4 is 39.5 Å². The Morgan fingerprint density at radius 3 is 0.768 bits per heavy atom. The number of esters is 4. The van der Waals surface area contributed by atoms with E-state index in [1.54, 1.807) is 0 Å². The average molecular weight is 1450 g/mol. The van der Waals surface area contributed by atoms with Gasteiger partial charge in [-0.2, -0.15) is 0 Å². The number of ether oxygens (including phenoxy) is 4. The van der Waals surface area contributed by atoms with Gasteiger partial charge in [0, 0.05) is 25.7 Å². The quantitative estimate of drug-likeness (QED) is 0.0222. The monoisotopic (exact) mass is 1450 g/mol. The Labute approximate surface area is 607 Å². The van der Waals surface area contributed by atoms with Crippen molar-refractivity contribution in [1.82, 2.24) is 0 Å². The second-order valence-corrected chi connectivity index (χ2v) is 32.4. The second kappa shape index (κ2) is 71.7. The number of carbonyl (C=O) groups excluding carboxylic acids is 4. The third-order valence-corrected chi connectivity index (χ3v) is 21.0. The van der Waals surface area contributed by atoms with E-state index in [0.717, 1.165) is 102 Å². The molecule has 17 nitrogen and oxygen atoms in total. The largest absolute Gasteiger partial charge is 0.472 e. The number of hydrogen-bond donors (Lipinski definition) is 3. The summed E-state index contributed by atoms with van der Waals surface area (Å²) in [5, 5.41) is 10.6. The molecule has 3 N–H and O–H groups in total. The Hall–Kier alpha value is -1.94. The number of unbranched alkanes of at least 4 members (excludes halogenated alkanes) is 48. The second-order valence-electron chi connectivity index (χ2n) is 29.5. The minimum atomic E-state index is -4.96. The van der Waals surface area contributed by atoms with Gasteiger partial charge in [0.25, 0.3) is 0 Å². The smallest absolute Gasteiger partial charge is 0.462 e. The number of carbonyl (C=O) groups is 4. The zero-order valence-corrected chi connectivity index (χ0v) is 66.6. The number of aliphatic hydroxyl groups excluding tert-OH is 1. The van der Waals surface area contributed by atoms with E-state index in [1.165, 1.54) is 238 Å². The van der Waals surface area contributed by atoms with E-state index < -0.39 is 97.5 Å². The molecule has 0 heterocycles. The van der Waals surface area contributed by atoms with Gasteiger partial charge in [0.15, 0.2) is 12.2 Å². The van der Waals surface area contributed by atoms with Crippen molar-refractivity contribution in [2.24, 2.45) is 11.8 Å². The number of hydrogen-bond acceptors (Lipinski definition) is 15. The molecule has 0 saturated heterocycles. The topological polar surface area (TPSA) is 237 Å². The molecular formula is C80H156O17P2. The van der Waals surface area contributed by atoms with Crippen LogP contribution in [0, 0.1) is 11.8 Å². The molecule has 0 spiro atoms. The van der Waals surface area contributed by atoms with Crippen LogP contribution in [0.25, 0.3) is 0 Å². The van der Waals surface area contributed by atoms with Gasteiger partial charge in [0.2, 0.25) is 0 Å². The average Bonchev–Trinajstić information content (AvgIpc) is 1.05. The number of rotatable bonds is 79. The Morgan fingerprint density at radius 2 is 0.515 bits per heavy atom. The first-order chi connectivity index (χ1) is 47.9. The van der Waals surface area contributed by atoms with Crippen molar-refractivity contribution in [3.05, 3.63) is 0 Å². The van der Waals surface area contributed by atoms with Gasteiger partial charge in [0.05, 0.1) is 26.4 Å². The van der Waals surface area contributed by atoms with Crippen LogP contribution in [0.5, 0.6) is 0 Å². The Bertz CT molecular complexity index is 1910. The van der Waals surface area contributed by atoms with E-state index in [0.29, 0.717) is 25.7 Å². The van der Waals surface area contributed by atoms with E-state index in [4.69, 9.17) is 37.0 Å². The molecule has 99 heavy (non-hydrogen) atoms. The van der Waals surface area contributed by atoms with Crippen LogP contribution < -0.4 is 0 Å². The highest BCUT2D eigenvalue weighted by Gasteiger charge is 2.30. The summed E-state index contributed by atoms with van der Waals surface area (Å²) in [6.45, 7) is 9.67. The molecular weight excluding hydrogens is 1290 g/mol. The van der Waals surface area contributed by atoms with E-state index in [9.17, 15) is 43.2 Å². The van der Waals surface area contributed by atoms with Gasteiger partial charge in [0.1, 0.15) is 19.3 Å².